The van der Waals surface area contributed by atoms with Crippen molar-refractivity contribution in [3.63, 3.8) is 0 Å². The van der Waals surface area contributed by atoms with Crippen LogP contribution in [0.3, 0.4) is 0 Å². The molecule has 0 fully saturated rings. The zero-order valence-corrected chi connectivity index (χ0v) is 23.6. The number of rotatable bonds is 6. The zero-order valence-electron chi connectivity index (χ0n) is 22.0. The highest BCUT2D eigenvalue weighted by Crippen LogP contribution is 2.36. The van der Waals surface area contributed by atoms with E-state index in [1.54, 1.807) is 37.3 Å². The molecule has 0 unspecified atom stereocenters. The van der Waals surface area contributed by atoms with Gasteiger partial charge in [0.1, 0.15) is 0 Å². The van der Waals surface area contributed by atoms with Gasteiger partial charge in [0, 0.05) is 40.3 Å². The Morgan fingerprint density at radius 3 is 2.42 bits per heavy atom. The Labute approximate surface area is 237 Å². The lowest BCUT2D eigenvalue weighted by Crippen LogP contribution is -2.46. The Balaban J connectivity index is 1.76. The highest BCUT2D eigenvalue weighted by Gasteiger charge is 2.36. The van der Waals surface area contributed by atoms with Crippen LogP contribution in [-0.2, 0) is 19.1 Å². The lowest BCUT2D eigenvalue weighted by molar-refractivity contribution is -0.138. The van der Waals surface area contributed by atoms with Crippen molar-refractivity contribution in [2.45, 2.75) is 45.1 Å². The molecule has 2 N–H and O–H groups in total. The number of fused-ring (bicyclic) bond motifs is 1. The Hall–Kier alpha value is -3.93. The lowest BCUT2D eigenvalue weighted by atomic mass is 9.98. The van der Waals surface area contributed by atoms with E-state index in [-0.39, 0.29) is 46.5 Å². The van der Waals surface area contributed by atoms with Gasteiger partial charge in [0.2, 0.25) is 5.95 Å². The fourth-order valence-corrected chi connectivity index (χ4v) is 4.95. The minimum Gasteiger partial charge on any atom is -0.355 e. The van der Waals surface area contributed by atoms with E-state index in [2.05, 4.69) is 38.1 Å². The van der Waals surface area contributed by atoms with Gasteiger partial charge in [-0.2, -0.15) is 13.2 Å². The lowest BCUT2D eigenvalue weighted by Gasteiger charge is -2.35. The smallest absolute Gasteiger partial charge is 0.355 e. The van der Waals surface area contributed by atoms with Crippen LogP contribution in [0, 0.1) is 0 Å². The summed E-state index contributed by atoms with van der Waals surface area (Å²) in [7, 11) is 1.52. The van der Waals surface area contributed by atoms with Gasteiger partial charge >= 0.3 is 6.18 Å². The Bertz CT molecular complexity index is 1540. The summed E-state index contributed by atoms with van der Waals surface area (Å²) >= 11 is 2.90. The molecule has 0 bridgehead atoms. The van der Waals surface area contributed by atoms with Crippen LogP contribution in [0.4, 0.5) is 19.1 Å². The van der Waals surface area contributed by atoms with E-state index in [1.807, 2.05) is 6.92 Å². The topological polar surface area (TPSA) is 96.3 Å². The second-order valence-electron chi connectivity index (χ2n) is 9.47. The quantitative estimate of drug-likeness (QED) is 0.382. The SMILES string of the molecule is C=C[C@H](C)Nc1nc2c(c(=O)n1-c1ccc(C(=O)NC)cc1)C[C@@H](C)N(C(=O)c1ccc(Br)c(C(F)(F)F)c1)C2. The van der Waals surface area contributed by atoms with Gasteiger partial charge in [-0.05, 0) is 62.7 Å². The molecule has 4 rings (SSSR count). The molecule has 0 saturated heterocycles. The Kier molecular flexibility index (Phi) is 8.20. The summed E-state index contributed by atoms with van der Waals surface area (Å²) in [5.41, 5.74) is 0.234. The van der Waals surface area contributed by atoms with Crippen LogP contribution in [0.15, 0.2) is 64.4 Å². The Morgan fingerprint density at radius 2 is 1.82 bits per heavy atom. The molecule has 0 aliphatic carbocycles. The number of benzene rings is 2. The van der Waals surface area contributed by atoms with Crippen LogP contribution in [0.25, 0.3) is 5.69 Å². The first-order valence-electron chi connectivity index (χ1n) is 12.4. The molecule has 3 aromatic rings. The average molecular weight is 618 g/mol. The number of alkyl halides is 3. The minimum absolute atomic E-state index is 0.0599. The summed E-state index contributed by atoms with van der Waals surface area (Å²) in [6.45, 7) is 7.26. The second kappa shape index (κ2) is 11.3. The van der Waals surface area contributed by atoms with Gasteiger partial charge in [-0.3, -0.25) is 14.4 Å². The highest BCUT2D eigenvalue weighted by atomic mass is 79.9. The van der Waals surface area contributed by atoms with Gasteiger partial charge in [0.05, 0.1) is 23.5 Å². The molecule has 1 aliphatic heterocycles. The van der Waals surface area contributed by atoms with Crippen molar-refractivity contribution in [2.75, 3.05) is 12.4 Å². The number of carbonyl (C=O) groups excluding carboxylic acids is 2. The molecule has 0 radical (unpaired) electrons. The van der Waals surface area contributed by atoms with Crippen LogP contribution in [0.1, 0.15) is 51.4 Å². The fraction of sp³-hybridized carbons (Fsp3) is 0.286. The van der Waals surface area contributed by atoms with Crippen molar-refractivity contribution in [3.05, 3.63) is 97.9 Å². The van der Waals surface area contributed by atoms with Crippen LogP contribution < -0.4 is 16.2 Å². The number of aromatic nitrogens is 2. The minimum atomic E-state index is -4.64. The maximum atomic E-state index is 13.8. The average Bonchev–Trinajstić information content (AvgIpc) is 2.92. The van der Waals surface area contributed by atoms with Crippen molar-refractivity contribution >= 4 is 33.7 Å². The van der Waals surface area contributed by atoms with Gasteiger partial charge in [-0.1, -0.05) is 22.0 Å². The number of amides is 2. The molecule has 0 saturated carbocycles. The molecule has 2 atom stereocenters. The van der Waals surface area contributed by atoms with E-state index < -0.39 is 23.7 Å². The molecule has 2 aromatic carbocycles. The number of nitrogens with one attached hydrogen (secondary N) is 2. The summed E-state index contributed by atoms with van der Waals surface area (Å²) in [6, 6.07) is 9.05. The predicted octanol–water partition coefficient (Wildman–Crippen LogP) is 4.95. The van der Waals surface area contributed by atoms with Gasteiger partial charge in [0.25, 0.3) is 17.4 Å². The molecule has 2 amide bonds. The summed E-state index contributed by atoms with van der Waals surface area (Å²) in [5.74, 6) is -0.664. The summed E-state index contributed by atoms with van der Waals surface area (Å²) < 4.78 is 41.6. The van der Waals surface area contributed by atoms with E-state index in [4.69, 9.17) is 0 Å². The number of hydrogen-bond acceptors (Lipinski definition) is 5. The maximum Gasteiger partial charge on any atom is 0.417 e. The molecule has 40 heavy (non-hydrogen) atoms. The van der Waals surface area contributed by atoms with Crippen LogP contribution in [-0.4, -0.2) is 45.4 Å². The first kappa shape index (κ1) is 29.1. The van der Waals surface area contributed by atoms with E-state index in [9.17, 15) is 27.6 Å². The molecular formula is C28H27BrF3N5O3. The number of nitrogens with zero attached hydrogens (tertiary/aromatic N) is 3. The molecule has 1 aromatic heterocycles. The zero-order chi connectivity index (χ0) is 29.4. The molecule has 8 nitrogen and oxygen atoms in total. The van der Waals surface area contributed by atoms with Gasteiger partial charge in [-0.25, -0.2) is 9.55 Å². The van der Waals surface area contributed by atoms with E-state index >= 15 is 0 Å². The third-order valence-electron chi connectivity index (χ3n) is 6.72. The van der Waals surface area contributed by atoms with E-state index in [1.165, 1.54) is 28.6 Å². The third-order valence-corrected chi connectivity index (χ3v) is 7.41. The van der Waals surface area contributed by atoms with Gasteiger partial charge < -0.3 is 15.5 Å². The molecule has 12 heteroatoms. The molecule has 210 valence electrons. The maximum absolute atomic E-state index is 13.8. The van der Waals surface area contributed by atoms with Crippen LogP contribution >= 0.6 is 15.9 Å². The second-order valence-corrected chi connectivity index (χ2v) is 10.3. The molecule has 1 aliphatic rings. The van der Waals surface area contributed by atoms with Gasteiger partial charge in [-0.15, -0.1) is 6.58 Å². The van der Waals surface area contributed by atoms with Crippen molar-refractivity contribution < 1.29 is 22.8 Å². The molecule has 0 spiro atoms. The predicted molar refractivity (Wildman–Crippen MR) is 149 cm³/mol. The van der Waals surface area contributed by atoms with Crippen molar-refractivity contribution in [1.82, 2.24) is 19.8 Å². The summed E-state index contributed by atoms with van der Waals surface area (Å²) in [4.78, 5) is 45.3. The van der Waals surface area contributed by atoms with Crippen molar-refractivity contribution in [1.29, 1.82) is 0 Å². The van der Waals surface area contributed by atoms with E-state index in [0.29, 0.717) is 22.5 Å². The molecule has 2 heterocycles. The summed E-state index contributed by atoms with van der Waals surface area (Å²) in [6.07, 6.45) is -2.85. The number of hydrogen-bond donors (Lipinski definition) is 2. The van der Waals surface area contributed by atoms with Gasteiger partial charge in [0.15, 0.2) is 0 Å². The third kappa shape index (κ3) is 5.67. The number of carbonyl (C=O) groups is 2. The summed E-state index contributed by atoms with van der Waals surface area (Å²) in [5, 5.41) is 5.68. The number of halogens is 4. The monoisotopic (exact) mass is 617 g/mol. The fourth-order valence-electron chi connectivity index (χ4n) is 4.48. The first-order chi connectivity index (χ1) is 18.8. The molecular weight excluding hydrogens is 591 g/mol. The van der Waals surface area contributed by atoms with E-state index in [0.717, 1.165) is 6.07 Å². The first-order valence-corrected chi connectivity index (χ1v) is 13.2. The number of anilines is 1. The Morgan fingerprint density at radius 1 is 1.18 bits per heavy atom. The van der Waals surface area contributed by atoms with Crippen LogP contribution in [0.2, 0.25) is 0 Å². The van der Waals surface area contributed by atoms with Crippen LogP contribution in [0.5, 0.6) is 0 Å². The largest absolute Gasteiger partial charge is 0.417 e. The standard InChI is InChI=1S/C28H27BrF3N5O3/c1-5-15(2)34-27-35-23-14-36(25(39)18-8-11-22(29)21(13-18)28(30,31)32)16(3)12-20(23)26(40)37(27)19-9-6-17(7-10-19)24(38)33-4/h5-11,13,15-16H,1,12,14H2,2-4H3,(H,33,38)(H,34,35)/t15-,16+/m0/s1. The normalized spacial score (nSPS) is 15.7. The van der Waals surface area contributed by atoms with Crippen molar-refractivity contribution in [2.24, 2.45) is 0 Å². The highest BCUT2D eigenvalue weighted by molar-refractivity contribution is 9.10. The van der Waals surface area contributed by atoms with Crippen molar-refractivity contribution in [3.8, 4) is 5.69 Å².